The number of halogens is 2. The summed E-state index contributed by atoms with van der Waals surface area (Å²) in [7, 11) is 0. The molecule has 1 amide bonds. The number of benzene rings is 1. The Bertz CT molecular complexity index is 507. The highest BCUT2D eigenvalue weighted by Crippen LogP contribution is 2.17. The third-order valence-corrected chi connectivity index (χ3v) is 2.71. The molecule has 1 aromatic rings. The average Bonchev–Trinajstić information content (AvgIpc) is 2.50. The predicted octanol–water partition coefficient (Wildman–Crippen LogP) is 2.08. The van der Waals surface area contributed by atoms with Crippen LogP contribution in [-0.4, -0.2) is 42.7 Å². The molecule has 0 aromatic heterocycles. The molecule has 6 nitrogen and oxygen atoms in total. The zero-order valence-electron chi connectivity index (χ0n) is 12.6. The Balaban J connectivity index is 2.44. The molecule has 1 rings (SSSR count). The van der Waals surface area contributed by atoms with Crippen LogP contribution >= 0.6 is 0 Å². The van der Waals surface area contributed by atoms with Gasteiger partial charge in [0.2, 0.25) is 6.43 Å². The largest absolute Gasteiger partial charge is 0.494 e. The Morgan fingerprint density at radius 1 is 1.17 bits per heavy atom. The van der Waals surface area contributed by atoms with Crippen molar-refractivity contribution >= 4 is 11.9 Å². The number of hydrogen-bond donors (Lipinski definition) is 2. The number of carbonyl (C=O) groups excluding carboxylic acids is 1. The highest BCUT2D eigenvalue weighted by Gasteiger charge is 2.24. The van der Waals surface area contributed by atoms with E-state index in [1.165, 1.54) is 0 Å². The maximum atomic E-state index is 12.2. The van der Waals surface area contributed by atoms with Crippen LogP contribution in [0.4, 0.5) is 8.78 Å². The molecule has 0 heterocycles. The van der Waals surface area contributed by atoms with Crippen molar-refractivity contribution < 1.29 is 33.0 Å². The minimum Gasteiger partial charge on any atom is -0.494 e. The Kier molecular flexibility index (Phi) is 7.79. The molecule has 1 unspecified atom stereocenters. The lowest BCUT2D eigenvalue weighted by Crippen LogP contribution is -2.44. The number of nitrogens with one attached hydrogen (secondary N) is 1. The van der Waals surface area contributed by atoms with Gasteiger partial charge >= 0.3 is 5.97 Å². The summed E-state index contributed by atoms with van der Waals surface area (Å²) < 4.78 is 35.0. The van der Waals surface area contributed by atoms with Gasteiger partial charge in [-0.05, 0) is 30.7 Å². The molecule has 23 heavy (non-hydrogen) atoms. The summed E-state index contributed by atoms with van der Waals surface area (Å²) in [6.45, 7) is 2.10. The van der Waals surface area contributed by atoms with E-state index >= 15 is 0 Å². The molecule has 2 N–H and O–H groups in total. The normalized spacial score (nSPS) is 11.8. The molecule has 0 aliphatic heterocycles. The molecule has 128 valence electrons. The van der Waals surface area contributed by atoms with Crippen molar-refractivity contribution in [1.29, 1.82) is 0 Å². The van der Waals surface area contributed by atoms with E-state index in [4.69, 9.17) is 14.6 Å². The van der Waals surface area contributed by atoms with Crippen molar-refractivity contribution in [3.05, 3.63) is 24.3 Å². The Morgan fingerprint density at radius 2 is 1.74 bits per heavy atom. The van der Waals surface area contributed by atoms with E-state index < -0.39 is 37.4 Å². The number of rotatable bonds is 10. The molecule has 0 fully saturated rings. The van der Waals surface area contributed by atoms with Crippen molar-refractivity contribution in [2.24, 2.45) is 0 Å². The molecule has 0 saturated heterocycles. The number of ether oxygens (including phenoxy) is 2. The number of hydrogen-bond acceptors (Lipinski definition) is 4. The van der Waals surface area contributed by atoms with Crippen molar-refractivity contribution in [1.82, 2.24) is 5.32 Å². The zero-order chi connectivity index (χ0) is 17.2. The van der Waals surface area contributed by atoms with Gasteiger partial charge in [0.15, 0.2) is 6.61 Å². The van der Waals surface area contributed by atoms with Crippen LogP contribution in [0.25, 0.3) is 0 Å². The lowest BCUT2D eigenvalue weighted by molar-refractivity contribution is -0.143. The summed E-state index contributed by atoms with van der Waals surface area (Å²) in [5, 5.41) is 10.7. The van der Waals surface area contributed by atoms with Crippen LogP contribution in [0, 0.1) is 0 Å². The van der Waals surface area contributed by atoms with Crippen LogP contribution in [0.5, 0.6) is 11.5 Å². The molecule has 0 spiro atoms. The number of amides is 1. The molecule has 0 radical (unpaired) electrons. The fourth-order valence-corrected chi connectivity index (χ4v) is 1.64. The Hall–Kier alpha value is -2.38. The van der Waals surface area contributed by atoms with Crippen molar-refractivity contribution in [2.75, 3.05) is 13.2 Å². The second-order valence-corrected chi connectivity index (χ2v) is 4.69. The standard InChI is InChI=1S/C15H19F2NO5/c1-2-7-22-10-3-5-11(6-4-10)23-9-14(19)18-12(15(20)21)8-13(16)17/h3-6,12-13H,2,7-9H2,1H3,(H,18,19)(H,20,21). The molecular formula is C15H19F2NO5. The van der Waals surface area contributed by atoms with Gasteiger partial charge in [0.25, 0.3) is 5.91 Å². The fourth-order valence-electron chi connectivity index (χ4n) is 1.64. The number of alkyl halides is 2. The van der Waals surface area contributed by atoms with Crippen LogP contribution in [0.3, 0.4) is 0 Å². The highest BCUT2D eigenvalue weighted by molar-refractivity contribution is 5.84. The second kappa shape index (κ2) is 9.60. The maximum Gasteiger partial charge on any atom is 0.326 e. The second-order valence-electron chi connectivity index (χ2n) is 4.69. The SMILES string of the molecule is CCCOc1ccc(OCC(=O)NC(CC(F)F)C(=O)O)cc1. The van der Waals surface area contributed by atoms with E-state index in [9.17, 15) is 18.4 Å². The van der Waals surface area contributed by atoms with Crippen LogP contribution < -0.4 is 14.8 Å². The minimum absolute atomic E-state index is 0.379. The van der Waals surface area contributed by atoms with Crippen LogP contribution in [0.1, 0.15) is 19.8 Å². The highest BCUT2D eigenvalue weighted by atomic mass is 19.3. The Morgan fingerprint density at radius 3 is 2.22 bits per heavy atom. The number of aliphatic carboxylic acids is 1. The molecule has 0 aliphatic carbocycles. The summed E-state index contributed by atoms with van der Waals surface area (Å²) >= 11 is 0. The van der Waals surface area contributed by atoms with Crippen LogP contribution in [0.2, 0.25) is 0 Å². The van der Waals surface area contributed by atoms with Gasteiger partial charge in [0.1, 0.15) is 17.5 Å². The molecule has 1 aromatic carbocycles. The van der Waals surface area contributed by atoms with Gasteiger partial charge in [-0.15, -0.1) is 0 Å². The lowest BCUT2D eigenvalue weighted by atomic mass is 10.2. The first-order chi connectivity index (χ1) is 10.9. The molecule has 8 heteroatoms. The van der Waals surface area contributed by atoms with Crippen molar-refractivity contribution in [2.45, 2.75) is 32.2 Å². The molecule has 0 saturated carbocycles. The fraction of sp³-hybridized carbons (Fsp3) is 0.467. The smallest absolute Gasteiger partial charge is 0.326 e. The van der Waals surface area contributed by atoms with E-state index in [2.05, 4.69) is 0 Å². The monoisotopic (exact) mass is 331 g/mol. The van der Waals surface area contributed by atoms with Crippen molar-refractivity contribution in [3.8, 4) is 11.5 Å². The molecule has 0 bridgehead atoms. The summed E-state index contributed by atoms with van der Waals surface area (Å²) in [6, 6.07) is 4.87. The average molecular weight is 331 g/mol. The third kappa shape index (κ3) is 7.44. The van der Waals surface area contributed by atoms with Gasteiger partial charge in [-0.3, -0.25) is 4.79 Å². The summed E-state index contributed by atoms with van der Waals surface area (Å²) in [5.74, 6) is -1.27. The van der Waals surface area contributed by atoms with Gasteiger partial charge in [-0.1, -0.05) is 6.92 Å². The first kappa shape index (κ1) is 18.7. The molecular weight excluding hydrogens is 312 g/mol. The minimum atomic E-state index is -2.83. The van der Waals surface area contributed by atoms with Gasteiger partial charge < -0.3 is 19.9 Å². The first-order valence-corrected chi connectivity index (χ1v) is 7.08. The van der Waals surface area contributed by atoms with E-state index in [0.717, 1.165) is 6.42 Å². The van der Waals surface area contributed by atoms with Gasteiger partial charge in [0, 0.05) is 6.42 Å². The Labute approximate surface area is 132 Å². The van der Waals surface area contributed by atoms with Gasteiger partial charge in [0.05, 0.1) is 6.61 Å². The first-order valence-electron chi connectivity index (χ1n) is 7.08. The van der Waals surface area contributed by atoms with Gasteiger partial charge in [-0.25, -0.2) is 13.6 Å². The van der Waals surface area contributed by atoms with Crippen LogP contribution in [-0.2, 0) is 9.59 Å². The van der Waals surface area contributed by atoms with Crippen LogP contribution in [0.15, 0.2) is 24.3 Å². The van der Waals surface area contributed by atoms with E-state index in [0.29, 0.717) is 18.1 Å². The number of carbonyl (C=O) groups is 2. The maximum absolute atomic E-state index is 12.2. The van der Waals surface area contributed by atoms with Gasteiger partial charge in [-0.2, -0.15) is 0 Å². The van der Waals surface area contributed by atoms with Crippen molar-refractivity contribution in [3.63, 3.8) is 0 Å². The van der Waals surface area contributed by atoms with E-state index in [-0.39, 0.29) is 0 Å². The molecule has 1 atom stereocenters. The van der Waals surface area contributed by atoms with E-state index in [1.54, 1.807) is 24.3 Å². The third-order valence-electron chi connectivity index (χ3n) is 2.71. The molecule has 0 aliphatic rings. The predicted molar refractivity (Wildman–Crippen MR) is 77.9 cm³/mol. The lowest BCUT2D eigenvalue weighted by Gasteiger charge is -2.14. The number of carboxylic acids is 1. The number of carboxylic acid groups (broad SMARTS) is 1. The summed E-state index contributed by atoms with van der Waals surface area (Å²) in [5.41, 5.74) is 0. The topological polar surface area (TPSA) is 84.9 Å². The quantitative estimate of drug-likeness (QED) is 0.686. The summed E-state index contributed by atoms with van der Waals surface area (Å²) in [4.78, 5) is 22.3. The van der Waals surface area contributed by atoms with E-state index in [1.807, 2.05) is 12.2 Å². The summed E-state index contributed by atoms with van der Waals surface area (Å²) in [6.07, 6.45) is -2.90. The zero-order valence-corrected chi connectivity index (χ0v) is 12.6.